The second kappa shape index (κ2) is 8.77. The molecule has 0 fully saturated rings. The molecule has 1 atom stereocenters. The van der Waals surface area contributed by atoms with Crippen LogP contribution in [0.5, 0.6) is 5.75 Å². The van der Waals surface area contributed by atoms with Crippen molar-refractivity contribution in [3.8, 4) is 5.75 Å². The lowest BCUT2D eigenvalue weighted by molar-refractivity contribution is -0.116. The fourth-order valence-corrected chi connectivity index (χ4v) is 3.21. The zero-order chi connectivity index (χ0) is 21.0. The van der Waals surface area contributed by atoms with Crippen molar-refractivity contribution >= 4 is 22.5 Å². The summed E-state index contributed by atoms with van der Waals surface area (Å²) in [6, 6.07) is 13.6. The van der Waals surface area contributed by atoms with Gasteiger partial charge < -0.3 is 10.1 Å². The Hall–Kier alpha value is -3.35. The van der Waals surface area contributed by atoms with Crippen molar-refractivity contribution in [2.45, 2.75) is 39.8 Å². The molecule has 0 aliphatic rings. The monoisotopic (exact) mass is 395 g/mol. The second-order valence-corrected chi connectivity index (χ2v) is 6.82. The van der Waals surface area contributed by atoms with Gasteiger partial charge in [-0.2, -0.15) is 0 Å². The fraction of sp³-hybridized carbons (Fsp3) is 0.318. The first-order chi connectivity index (χ1) is 14.0. The van der Waals surface area contributed by atoms with Gasteiger partial charge in [-0.3, -0.25) is 18.7 Å². The molecular weight excluding hydrogens is 370 g/mol. The molecule has 1 aromatic heterocycles. The lowest BCUT2D eigenvalue weighted by atomic mass is 10.2. The minimum Gasteiger partial charge on any atom is -0.494 e. The van der Waals surface area contributed by atoms with Crippen molar-refractivity contribution < 1.29 is 9.53 Å². The van der Waals surface area contributed by atoms with E-state index in [-0.39, 0.29) is 24.1 Å². The van der Waals surface area contributed by atoms with Gasteiger partial charge in [0.05, 0.1) is 17.5 Å². The Labute approximate surface area is 168 Å². The van der Waals surface area contributed by atoms with E-state index in [2.05, 4.69) is 5.32 Å². The molecule has 7 nitrogen and oxygen atoms in total. The van der Waals surface area contributed by atoms with Crippen LogP contribution in [0.2, 0.25) is 0 Å². The van der Waals surface area contributed by atoms with Gasteiger partial charge in [-0.1, -0.05) is 19.1 Å². The van der Waals surface area contributed by atoms with Crippen LogP contribution in [-0.4, -0.2) is 21.6 Å². The number of carbonyl (C=O) groups is 1. The van der Waals surface area contributed by atoms with E-state index in [0.717, 1.165) is 0 Å². The first-order valence-electron chi connectivity index (χ1n) is 9.73. The summed E-state index contributed by atoms with van der Waals surface area (Å²) in [7, 11) is 0. The first kappa shape index (κ1) is 20.4. The molecule has 0 bridgehead atoms. The van der Waals surface area contributed by atoms with Crippen molar-refractivity contribution in [3.05, 3.63) is 69.4 Å². The van der Waals surface area contributed by atoms with Crippen LogP contribution in [0.3, 0.4) is 0 Å². The number of nitrogens with zero attached hydrogens (tertiary/aromatic N) is 2. The average molecular weight is 395 g/mol. The zero-order valence-corrected chi connectivity index (χ0v) is 16.8. The van der Waals surface area contributed by atoms with Crippen molar-refractivity contribution in [2.24, 2.45) is 0 Å². The van der Waals surface area contributed by atoms with E-state index in [0.29, 0.717) is 35.4 Å². The number of ether oxygens (including phenoxy) is 1. The zero-order valence-electron chi connectivity index (χ0n) is 16.8. The number of para-hydroxylation sites is 1. The molecule has 0 radical (unpaired) electrons. The maximum absolute atomic E-state index is 13.0. The fourth-order valence-electron chi connectivity index (χ4n) is 3.21. The number of rotatable bonds is 7. The number of hydrogen-bond acceptors (Lipinski definition) is 4. The summed E-state index contributed by atoms with van der Waals surface area (Å²) in [5.41, 5.74) is 0.239. The van der Waals surface area contributed by atoms with Crippen LogP contribution in [0.25, 0.3) is 10.9 Å². The molecule has 2 aromatic carbocycles. The average Bonchev–Trinajstić information content (AvgIpc) is 2.72. The van der Waals surface area contributed by atoms with Crippen molar-refractivity contribution in [1.29, 1.82) is 0 Å². The minimum atomic E-state index is -0.482. The molecule has 0 aliphatic carbocycles. The van der Waals surface area contributed by atoms with Crippen LogP contribution < -0.4 is 21.3 Å². The molecule has 1 heterocycles. The lowest BCUT2D eigenvalue weighted by Crippen LogP contribution is -2.43. The van der Waals surface area contributed by atoms with E-state index in [9.17, 15) is 14.4 Å². The Morgan fingerprint density at radius 1 is 1.07 bits per heavy atom. The molecule has 0 saturated heterocycles. The summed E-state index contributed by atoms with van der Waals surface area (Å²) in [4.78, 5) is 38.5. The number of anilines is 1. The van der Waals surface area contributed by atoms with Gasteiger partial charge in [-0.25, -0.2) is 4.79 Å². The standard InChI is InChI=1S/C22H25N3O4/c1-4-15(3)25-21(27)18-8-6-7-9-19(18)24(22(25)28)14-20(26)23-16-10-12-17(13-11-16)29-5-2/h6-13,15H,4-5,14H2,1-3H3,(H,23,26). The Morgan fingerprint density at radius 3 is 2.41 bits per heavy atom. The number of nitrogens with one attached hydrogen (secondary N) is 1. The summed E-state index contributed by atoms with van der Waals surface area (Å²) >= 11 is 0. The highest BCUT2D eigenvalue weighted by molar-refractivity contribution is 5.91. The van der Waals surface area contributed by atoms with Crippen molar-refractivity contribution in [2.75, 3.05) is 11.9 Å². The lowest BCUT2D eigenvalue weighted by Gasteiger charge is -2.17. The van der Waals surface area contributed by atoms with Crippen LogP contribution in [0, 0.1) is 0 Å². The maximum atomic E-state index is 13.0. The normalized spacial score (nSPS) is 12.0. The van der Waals surface area contributed by atoms with E-state index < -0.39 is 5.69 Å². The van der Waals surface area contributed by atoms with Crippen LogP contribution in [0.1, 0.15) is 33.2 Å². The Balaban J connectivity index is 1.95. The van der Waals surface area contributed by atoms with E-state index in [1.807, 2.05) is 20.8 Å². The van der Waals surface area contributed by atoms with Gasteiger partial charge in [0.1, 0.15) is 12.3 Å². The van der Waals surface area contributed by atoms with E-state index in [1.165, 1.54) is 9.13 Å². The molecule has 1 amide bonds. The minimum absolute atomic E-state index is 0.191. The molecule has 0 aliphatic heterocycles. The Kier molecular flexibility index (Phi) is 6.16. The van der Waals surface area contributed by atoms with E-state index in [1.54, 1.807) is 48.5 Å². The molecular formula is C22H25N3O4. The summed E-state index contributed by atoms with van der Waals surface area (Å²) in [5.74, 6) is 0.365. The van der Waals surface area contributed by atoms with Gasteiger partial charge in [0.2, 0.25) is 5.91 Å². The quantitative estimate of drug-likeness (QED) is 0.666. The highest BCUT2D eigenvalue weighted by Crippen LogP contribution is 2.16. The molecule has 3 rings (SSSR count). The smallest absolute Gasteiger partial charge is 0.332 e. The van der Waals surface area contributed by atoms with Crippen LogP contribution in [0.4, 0.5) is 5.69 Å². The van der Waals surface area contributed by atoms with Gasteiger partial charge in [0.15, 0.2) is 0 Å². The highest BCUT2D eigenvalue weighted by atomic mass is 16.5. The van der Waals surface area contributed by atoms with Gasteiger partial charge >= 0.3 is 5.69 Å². The van der Waals surface area contributed by atoms with Crippen LogP contribution in [-0.2, 0) is 11.3 Å². The maximum Gasteiger partial charge on any atom is 0.332 e. The van der Waals surface area contributed by atoms with Gasteiger partial charge in [0.25, 0.3) is 5.56 Å². The van der Waals surface area contributed by atoms with Gasteiger partial charge in [-0.05, 0) is 56.7 Å². The number of aromatic nitrogens is 2. The van der Waals surface area contributed by atoms with Crippen molar-refractivity contribution in [3.63, 3.8) is 0 Å². The molecule has 0 spiro atoms. The number of carbonyl (C=O) groups excluding carboxylic acids is 1. The van der Waals surface area contributed by atoms with Crippen LogP contribution in [0.15, 0.2) is 58.1 Å². The first-order valence-corrected chi connectivity index (χ1v) is 9.73. The molecule has 1 N–H and O–H groups in total. The predicted octanol–water partition coefficient (Wildman–Crippen LogP) is 3.17. The summed E-state index contributed by atoms with van der Waals surface area (Å²) in [5, 5.41) is 3.21. The van der Waals surface area contributed by atoms with E-state index >= 15 is 0 Å². The van der Waals surface area contributed by atoms with Gasteiger partial charge in [-0.15, -0.1) is 0 Å². The predicted molar refractivity (Wildman–Crippen MR) is 114 cm³/mol. The number of hydrogen-bond donors (Lipinski definition) is 1. The highest BCUT2D eigenvalue weighted by Gasteiger charge is 2.18. The Bertz CT molecular complexity index is 1130. The molecule has 7 heteroatoms. The number of benzene rings is 2. The molecule has 29 heavy (non-hydrogen) atoms. The third kappa shape index (κ3) is 4.23. The van der Waals surface area contributed by atoms with E-state index in [4.69, 9.17) is 4.74 Å². The molecule has 152 valence electrons. The largest absolute Gasteiger partial charge is 0.494 e. The molecule has 3 aromatic rings. The number of amides is 1. The molecule has 1 unspecified atom stereocenters. The second-order valence-electron chi connectivity index (χ2n) is 6.82. The Morgan fingerprint density at radius 2 is 1.76 bits per heavy atom. The van der Waals surface area contributed by atoms with Crippen LogP contribution >= 0.6 is 0 Å². The summed E-state index contributed by atoms with van der Waals surface area (Å²) < 4.78 is 7.97. The third-order valence-electron chi connectivity index (χ3n) is 4.86. The third-order valence-corrected chi connectivity index (χ3v) is 4.86. The van der Waals surface area contributed by atoms with Gasteiger partial charge in [0, 0.05) is 11.7 Å². The van der Waals surface area contributed by atoms with Crippen molar-refractivity contribution in [1.82, 2.24) is 9.13 Å². The summed E-state index contributed by atoms with van der Waals surface area (Å²) in [6.07, 6.45) is 0.631. The topological polar surface area (TPSA) is 82.3 Å². The summed E-state index contributed by atoms with van der Waals surface area (Å²) in [6.45, 7) is 6.00. The SMILES string of the molecule is CCOc1ccc(NC(=O)Cn2c(=O)n(C(C)CC)c(=O)c3ccccc32)cc1. The molecule has 0 saturated carbocycles. The number of fused-ring (bicyclic) bond motifs is 1.